The van der Waals surface area contributed by atoms with Gasteiger partial charge in [-0.2, -0.15) is 0 Å². The second-order valence-electron chi connectivity index (χ2n) is 4.02. The van der Waals surface area contributed by atoms with Crippen LogP contribution in [0.15, 0.2) is 35.7 Å². The van der Waals surface area contributed by atoms with Gasteiger partial charge in [-0.1, -0.05) is 34.1 Å². The van der Waals surface area contributed by atoms with Gasteiger partial charge in [-0.25, -0.2) is 0 Å². The number of alkyl halides is 1. The summed E-state index contributed by atoms with van der Waals surface area (Å²) in [5, 5.41) is 4.92. The maximum atomic E-state index is 11.3. The molecule has 1 aromatic heterocycles. The van der Waals surface area contributed by atoms with Crippen LogP contribution in [-0.4, -0.2) is 5.91 Å². The highest BCUT2D eigenvalue weighted by Gasteiger charge is 2.19. The molecule has 0 spiro atoms. The Morgan fingerprint density at radius 2 is 2.24 bits per heavy atom. The molecule has 1 N–H and O–H groups in total. The van der Waals surface area contributed by atoms with E-state index in [9.17, 15) is 4.79 Å². The Balaban J connectivity index is 1.95. The molecule has 0 radical (unpaired) electrons. The van der Waals surface area contributed by atoms with Gasteiger partial charge in [-0.15, -0.1) is 11.3 Å². The van der Waals surface area contributed by atoms with Gasteiger partial charge in [0.25, 0.3) is 0 Å². The van der Waals surface area contributed by atoms with E-state index in [2.05, 4.69) is 44.8 Å². The Bertz CT molecular complexity index is 565. The van der Waals surface area contributed by atoms with Crippen molar-refractivity contribution < 1.29 is 4.79 Å². The quantitative estimate of drug-likeness (QED) is 0.842. The van der Waals surface area contributed by atoms with Crippen LogP contribution < -0.4 is 5.32 Å². The molecular formula is C13H10BrNOS. The van der Waals surface area contributed by atoms with Crippen molar-refractivity contribution in [1.82, 2.24) is 0 Å². The van der Waals surface area contributed by atoms with Crippen LogP contribution in [0.25, 0.3) is 0 Å². The number of amides is 1. The van der Waals surface area contributed by atoms with Gasteiger partial charge in [0.2, 0.25) is 5.91 Å². The molecule has 86 valence electrons. The van der Waals surface area contributed by atoms with E-state index in [1.165, 1.54) is 10.4 Å². The van der Waals surface area contributed by atoms with Crippen LogP contribution in [-0.2, 0) is 11.2 Å². The maximum Gasteiger partial charge on any atom is 0.228 e. The first-order valence-electron chi connectivity index (χ1n) is 5.34. The van der Waals surface area contributed by atoms with E-state index in [4.69, 9.17) is 0 Å². The number of fused-ring (bicyclic) bond motifs is 1. The SMILES string of the molecule is O=C1Cc2cc(C(Br)c3cccs3)ccc2N1. The largest absolute Gasteiger partial charge is 0.326 e. The zero-order valence-electron chi connectivity index (χ0n) is 8.94. The van der Waals surface area contributed by atoms with Crippen molar-refractivity contribution in [1.29, 1.82) is 0 Å². The van der Waals surface area contributed by atoms with E-state index in [-0.39, 0.29) is 10.7 Å². The lowest BCUT2D eigenvalue weighted by atomic mass is 10.1. The van der Waals surface area contributed by atoms with E-state index in [1.54, 1.807) is 11.3 Å². The maximum absolute atomic E-state index is 11.3. The van der Waals surface area contributed by atoms with Crippen molar-refractivity contribution in [3.05, 3.63) is 51.7 Å². The van der Waals surface area contributed by atoms with Crippen LogP contribution in [0.1, 0.15) is 20.8 Å². The van der Waals surface area contributed by atoms with Crippen LogP contribution in [0.2, 0.25) is 0 Å². The summed E-state index contributed by atoms with van der Waals surface area (Å²) in [6.07, 6.45) is 0.493. The molecule has 17 heavy (non-hydrogen) atoms. The Labute approximate surface area is 112 Å². The predicted molar refractivity (Wildman–Crippen MR) is 73.9 cm³/mol. The molecule has 1 aliphatic rings. The topological polar surface area (TPSA) is 29.1 Å². The zero-order chi connectivity index (χ0) is 11.8. The molecule has 0 saturated carbocycles. The fourth-order valence-electron chi connectivity index (χ4n) is 2.01. The number of anilines is 1. The van der Waals surface area contributed by atoms with E-state index in [0.29, 0.717) is 6.42 Å². The molecule has 0 aliphatic carbocycles. The zero-order valence-corrected chi connectivity index (χ0v) is 11.3. The van der Waals surface area contributed by atoms with Crippen LogP contribution >= 0.6 is 27.3 Å². The Kier molecular flexibility index (Phi) is 2.76. The molecule has 2 aromatic rings. The number of carbonyl (C=O) groups is 1. The number of hydrogen-bond donors (Lipinski definition) is 1. The molecule has 3 rings (SSSR count). The molecule has 1 amide bonds. The van der Waals surface area contributed by atoms with Gasteiger partial charge >= 0.3 is 0 Å². The van der Waals surface area contributed by atoms with Gasteiger partial charge < -0.3 is 5.32 Å². The van der Waals surface area contributed by atoms with Gasteiger partial charge in [-0.3, -0.25) is 4.79 Å². The predicted octanol–water partition coefficient (Wildman–Crippen LogP) is 3.73. The first kappa shape index (κ1) is 11.0. The fraction of sp³-hybridized carbons (Fsp3) is 0.154. The molecule has 4 heteroatoms. The summed E-state index contributed by atoms with van der Waals surface area (Å²) in [6.45, 7) is 0. The van der Waals surface area contributed by atoms with Crippen LogP contribution in [0.5, 0.6) is 0 Å². The van der Waals surface area contributed by atoms with E-state index in [0.717, 1.165) is 11.3 Å². The Hall–Kier alpha value is -1.13. The number of thiophene rings is 1. The average molecular weight is 308 g/mol. The molecule has 1 unspecified atom stereocenters. The highest BCUT2D eigenvalue weighted by molar-refractivity contribution is 9.09. The fourth-order valence-corrected chi connectivity index (χ4v) is 3.49. The molecule has 1 atom stereocenters. The number of hydrogen-bond acceptors (Lipinski definition) is 2. The molecule has 1 aromatic carbocycles. The average Bonchev–Trinajstić information content (AvgIpc) is 2.94. The summed E-state index contributed by atoms with van der Waals surface area (Å²) < 4.78 is 0. The molecule has 0 fully saturated rings. The summed E-state index contributed by atoms with van der Waals surface area (Å²) in [5.74, 6) is 0.0828. The third kappa shape index (κ3) is 2.03. The summed E-state index contributed by atoms with van der Waals surface area (Å²) in [4.78, 5) is 12.8. The minimum absolute atomic E-state index is 0.0828. The Morgan fingerprint density at radius 1 is 1.35 bits per heavy atom. The third-order valence-electron chi connectivity index (χ3n) is 2.84. The normalized spacial score (nSPS) is 15.5. The second-order valence-corrected chi connectivity index (χ2v) is 5.91. The first-order chi connectivity index (χ1) is 8.24. The minimum atomic E-state index is 0.0828. The van der Waals surface area contributed by atoms with Crippen LogP contribution in [0, 0.1) is 0 Å². The van der Waals surface area contributed by atoms with Crippen molar-refractivity contribution in [3.63, 3.8) is 0 Å². The highest BCUT2D eigenvalue weighted by atomic mass is 79.9. The van der Waals surface area contributed by atoms with Gasteiger partial charge in [-0.05, 0) is 28.6 Å². The lowest BCUT2D eigenvalue weighted by molar-refractivity contribution is -0.115. The third-order valence-corrected chi connectivity index (χ3v) is 5.10. The summed E-state index contributed by atoms with van der Waals surface area (Å²) in [5.41, 5.74) is 3.24. The van der Waals surface area contributed by atoms with Crippen molar-refractivity contribution in [2.45, 2.75) is 11.2 Å². The van der Waals surface area contributed by atoms with Gasteiger partial charge in [0.15, 0.2) is 0 Å². The number of nitrogens with one attached hydrogen (secondary N) is 1. The van der Waals surface area contributed by atoms with E-state index >= 15 is 0 Å². The molecule has 2 nitrogen and oxygen atoms in total. The lowest BCUT2D eigenvalue weighted by Crippen LogP contribution is -2.03. The molecule has 1 aliphatic heterocycles. The molecule has 0 saturated heterocycles. The van der Waals surface area contributed by atoms with Crippen molar-refractivity contribution in [2.75, 3.05) is 5.32 Å². The number of carbonyl (C=O) groups excluding carboxylic acids is 1. The van der Waals surface area contributed by atoms with Crippen molar-refractivity contribution >= 4 is 38.9 Å². The second kappa shape index (κ2) is 4.27. The van der Waals surface area contributed by atoms with Crippen molar-refractivity contribution in [2.24, 2.45) is 0 Å². The number of benzene rings is 1. The minimum Gasteiger partial charge on any atom is -0.326 e. The molecule has 2 heterocycles. The first-order valence-corrected chi connectivity index (χ1v) is 7.14. The number of halogens is 1. The van der Waals surface area contributed by atoms with Crippen molar-refractivity contribution in [3.8, 4) is 0 Å². The molecular weight excluding hydrogens is 298 g/mol. The van der Waals surface area contributed by atoms with Crippen LogP contribution in [0.3, 0.4) is 0 Å². The monoisotopic (exact) mass is 307 g/mol. The van der Waals surface area contributed by atoms with Gasteiger partial charge in [0.05, 0.1) is 11.2 Å². The molecule has 0 bridgehead atoms. The van der Waals surface area contributed by atoms with Gasteiger partial charge in [0, 0.05) is 10.6 Å². The number of rotatable bonds is 2. The summed E-state index contributed by atoms with van der Waals surface area (Å²) >= 11 is 5.43. The lowest BCUT2D eigenvalue weighted by Gasteiger charge is -2.09. The van der Waals surface area contributed by atoms with Gasteiger partial charge in [0.1, 0.15) is 0 Å². The summed E-state index contributed by atoms with van der Waals surface area (Å²) in [7, 11) is 0. The van der Waals surface area contributed by atoms with E-state index in [1.807, 2.05) is 12.1 Å². The standard InChI is InChI=1S/C13H10BrNOS/c14-13(11-2-1-5-17-11)8-3-4-10-9(6-8)7-12(16)15-10/h1-6,13H,7H2,(H,15,16). The highest BCUT2D eigenvalue weighted by Crippen LogP contribution is 2.36. The smallest absolute Gasteiger partial charge is 0.228 e. The van der Waals surface area contributed by atoms with E-state index < -0.39 is 0 Å². The Morgan fingerprint density at radius 3 is 3.00 bits per heavy atom. The summed E-state index contributed by atoms with van der Waals surface area (Å²) in [6, 6.07) is 10.3. The van der Waals surface area contributed by atoms with Crippen LogP contribution in [0.4, 0.5) is 5.69 Å².